The van der Waals surface area contributed by atoms with Crippen molar-refractivity contribution in [3.8, 4) is 0 Å². The van der Waals surface area contributed by atoms with Crippen LogP contribution in [-0.4, -0.2) is 22.3 Å². The lowest BCUT2D eigenvalue weighted by Gasteiger charge is -2.47. The van der Waals surface area contributed by atoms with Gasteiger partial charge in [0.1, 0.15) is 5.25 Å². The van der Waals surface area contributed by atoms with Gasteiger partial charge in [0.25, 0.3) is 0 Å². The zero-order chi connectivity index (χ0) is 19.1. The summed E-state index contributed by atoms with van der Waals surface area (Å²) in [6, 6.07) is 7.68. The number of carbonyl (C=O) groups is 1. The first-order valence-electron chi connectivity index (χ1n) is 9.69. The van der Waals surface area contributed by atoms with Gasteiger partial charge in [0, 0.05) is 13.0 Å². The molecule has 2 bridgehead atoms. The fourth-order valence-electron chi connectivity index (χ4n) is 4.94. The molecule has 0 saturated heterocycles. The van der Waals surface area contributed by atoms with Crippen molar-refractivity contribution >= 4 is 22.3 Å². The molecule has 1 saturated carbocycles. The summed E-state index contributed by atoms with van der Waals surface area (Å²) >= 11 is 0. The van der Waals surface area contributed by atoms with Crippen LogP contribution in [-0.2, 0) is 15.6 Å². The quantitative estimate of drug-likeness (QED) is 0.762. The van der Waals surface area contributed by atoms with E-state index < -0.39 is 16.0 Å². The summed E-state index contributed by atoms with van der Waals surface area (Å²) in [5, 5.41) is 2.71. The molecular weight excluding hydrogens is 342 g/mol. The lowest BCUT2D eigenvalue weighted by Crippen LogP contribution is -2.48. The lowest BCUT2D eigenvalue weighted by atomic mass is 9.60. The average molecular weight is 374 g/mol. The Bertz CT molecular complexity index is 765. The maximum atomic E-state index is 13.7. The Kier molecular flexibility index (Phi) is 5.43. The Balaban J connectivity index is 2.11. The van der Waals surface area contributed by atoms with Crippen molar-refractivity contribution in [3.05, 3.63) is 35.4 Å². The van der Waals surface area contributed by atoms with Gasteiger partial charge >= 0.3 is 0 Å². The highest BCUT2D eigenvalue weighted by molar-refractivity contribution is 7.86. The summed E-state index contributed by atoms with van der Waals surface area (Å²) in [6.45, 7) is 8.77. The zero-order valence-corrected chi connectivity index (χ0v) is 17.4. The number of hydrogen-bond donors (Lipinski definition) is 1. The molecule has 2 aliphatic carbocycles. The van der Waals surface area contributed by atoms with Crippen LogP contribution in [0.1, 0.15) is 53.4 Å². The number of nitrogens with one attached hydrogen (secondary N) is 1. The molecule has 3 nitrogen and oxygen atoms in total. The maximum Gasteiger partial charge on any atom is 0.151 e. The first-order valence-corrected chi connectivity index (χ1v) is 10.9. The van der Waals surface area contributed by atoms with E-state index in [0.717, 1.165) is 36.3 Å². The van der Waals surface area contributed by atoms with Crippen LogP contribution >= 0.6 is 0 Å². The van der Waals surface area contributed by atoms with Crippen LogP contribution in [0.15, 0.2) is 40.3 Å². The third kappa shape index (κ3) is 3.17. The predicted molar refractivity (Wildman–Crippen MR) is 109 cm³/mol. The van der Waals surface area contributed by atoms with Gasteiger partial charge in [-0.05, 0) is 56.1 Å². The number of para-hydroxylation sites is 1. The molecule has 0 radical (unpaired) electrons. The number of hydrogen-bond acceptors (Lipinski definition) is 3. The Labute approximate surface area is 160 Å². The van der Waals surface area contributed by atoms with Crippen LogP contribution < -0.4 is 5.32 Å². The van der Waals surface area contributed by atoms with Gasteiger partial charge in [-0.1, -0.05) is 44.1 Å². The molecule has 3 rings (SSSR count). The number of ketones is 1. The molecule has 1 N–H and O–H groups in total. The minimum absolute atomic E-state index is 0.0369. The number of anilines is 1. The number of carbonyl (C=O) groups excluding carboxylic acids is 1. The normalized spacial score (nSPS) is 29.7. The summed E-state index contributed by atoms with van der Waals surface area (Å²) in [4.78, 5) is 14.1. The molecule has 0 amide bonds. The molecule has 1 aromatic carbocycles. The van der Waals surface area contributed by atoms with Gasteiger partial charge in [-0.2, -0.15) is 0 Å². The van der Waals surface area contributed by atoms with Gasteiger partial charge in [0.2, 0.25) is 0 Å². The van der Waals surface area contributed by atoms with E-state index in [9.17, 15) is 9.00 Å². The van der Waals surface area contributed by atoms with Crippen molar-refractivity contribution in [3.63, 3.8) is 0 Å². The maximum absolute atomic E-state index is 13.7. The molecule has 0 aromatic heterocycles. The van der Waals surface area contributed by atoms with E-state index in [-0.39, 0.29) is 23.0 Å². The second kappa shape index (κ2) is 7.30. The number of Topliss-reactive ketones (excluding diaryl/α,β-unsaturated/α-hetero) is 1. The van der Waals surface area contributed by atoms with Crippen LogP contribution in [0, 0.1) is 17.3 Å². The van der Waals surface area contributed by atoms with E-state index in [1.807, 2.05) is 38.2 Å². The van der Waals surface area contributed by atoms with Crippen LogP contribution in [0.3, 0.4) is 0 Å². The Hall–Kier alpha value is -1.42. The van der Waals surface area contributed by atoms with Gasteiger partial charge in [0.05, 0.1) is 21.4 Å². The first kappa shape index (κ1) is 19.3. The summed E-state index contributed by atoms with van der Waals surface area (Å²) in [7, 11) is 0.486. The Morgan fingerprint density at radius 3 is 2.54 bits per heavy atom. The molecule has 2 aliphatic rings. The molecule has 0 aliphatic heterocycles. The average Bonchev–Trinajstić information content (AvgIpc) is 2.62. The van der Waals surface area contributed by atoms with E-state index in [1.165, 1.54) is 11.1 Å². The first-order chi connectivity index (χ1) is 12.3. The molecule has 0 unspecified atom stereocenters. The fraction of sp³-hybridized carbons (Fsp3) is 0.591. The van der Waals surface area contributed by atoms with Gasteiger partial charge in [0.15, 0.2) is 5.78 Å². The molecule has 4 atom stereocenters. The lowest BCUT2D eigenvalue weighted by molar-refractivity contribution is -0.124. The summed E-state index contributed by atoms with van der Waals surface area (Å²) in [6.07, 6.45) is 3.82. The van der Waals surface area contributed by atoms with Crippen molar-refractivity contribution in [2.75, 3.05) is 12.4 Å². The van der Waals surface area contributed by atoms with E-state index in [0.29, 0.717) is 0 Å². The highest BCUT2D eigenvalue weighted by atomic mass is 32.2. The van der Waals surface area contributed by atoms with E-state index in [1.54, 1.807) is 0 Å². The Morgan fingerprint density at radius 2 is 1.85 bits per heavy atom. The zero-order valence-electron chi connectivity index (χ0n) is 16.6. The predicted octanol–water partition coefficient (Wildman–Crippen LogP) is 4.96. The molecule has 26 heavy (non-hydrogen) atoms. The van der Waals surface area contributed by atoms with Gasteiger partial charge in [-0.15, -0.1) is 0 Å². The highest BCUT2D eigenvalue weighted by Gasteiger charge is 2.49. The van der Waals surface area contributed by atoms with Gasteiger partial charge in [-0.25, -0.2) is 0 Å². The molecule has 1 fully saturated rings. The smallest absolute Gasteiger partial charge is 0.151 e. The van der Waals surface area contributed by atoms with Gasteiger partial charge in [-0.3, -0.25) is 9.00 Å². The minimum Gasteiger partial charge on any atom is -0.387 e. The van der Waals surface area contributed by atoms with Crippen molar-refractivity contribution in [1.29, 1.82) is 0 Å². The van der Waals surface area contributed by atoms with Crippen LogP contribution in [0.25, 0.3) is 0 Å². The minimum atomic E-state index is -1.35. The van der Waals surface area contributed by atoms with Crippen LogP contribution in [0.2, 0.25) is 0 Å². The Morgan fingerprint density at radius 1 is 1.15 bits per heavy atom. The van der Waals surface area contributed by atoms with E-state index in [2.05, 4.69) is 26.1 Å². The largest absolute Gasteiger partial charge is 0.387 e. The third-order valence-electron chi connectivity index (χ3n) is 6.61. The van der Waals surface area contributed by atoms with Crippen molar-refractivity contribution < 1.29 is 9.00 Å². The van der Waals surface area contributed by atoms with Crippen molar-refractivity contribution in [2.45, 2.75) is 63.5 Å². The molecule has 0 spiro atoms. The third-order valence-corrected chi connectivity index (χ3v) is 8.42. The number of rotatable bonds is 3. The van der Waals surface area contributed by atoms with Gasteiger partial charge < -0.3 is 5.32 Å². The van der Waals surface area contributed by atoms with Crippen molar-refractivity contribution in [1.82, 2.24) is 0 Å². The second-order valence-corrected chi connectivity index (χ2v) is 9.97. The molecule has 1 aromatic rings. The molecule has 4 heteroatoms. The topological polar surface area (TPSA) is 46.2 Å². The summed E-state index contributed by atoms with van der Waals surface area (Å²) in [5.74, 6) is 0.276. The summed E-state index contributed by atoms with van der Waals surface area (Å²) in [5.41, 5.74) is 3.76. The van der Waals surface area contributed by atoms with Crippen LogP contribution in [0.4, 0.5) is 5.69 Å². The molecular formula is C22H31NO2S. The monoisotopic (exact) mass is 373 g/mol. The number of fused-ring (bicyclic) bond motifs is 2. The van der Waals surface area contributed by atoms with Crippen molar-refractivity contribution in [2.24, 2.45) is 17.3 Å². The SMILES string of the molecule is CNc1ccccc1[S@](=O)[C@H]1C(=O)[C@@H](C)CCC2=C(C)CC[C@@H]1C2(C)C. The fourth-order valence-corrected chi connectivity index (χ4v) is 7.04. The number of benzene rings is 1. The standard InChI is InChI=1S/C22H31NO2S/c1-14-10-13-17-21(26(25)19-9-7-6-8-18(19)23-5)20(24)15(2)11-12-16(14)22(17,3)4/h6-9,15,17,21,23H,10-13H2,1-5H3/t15-,17-,21+,26-/m0/s1. The van der Waals surface area contributed by atoms with E-state index in [4.69, 9.17) is 0 Å². The van der Waals surface area contributed by atoms with E-state index >= 15 is 0 Å². The number of allylic oxidation sites excluding steroid dienone is 2. The summed E-state index contributed by atoms with van der Waals surface area (Å²) < 4.78 is 13.7. The molecule has 0 heterocycles. The van der Waals surface area contributed by atoms with Crippen LogP contribution in [0.5, 0.6) is 0 Å². The molecule has 142 valence electrons. The second-order valence-electron chi connectivity index (χ2n) is 8.43. The highest BCUT2D eigenvalue weighted by Crippen LogP contribution is 2.51.